The number of nitrogens with one attached hydrogen (secondary N) is 2. The summed E-state index contributed by atoms with van der Waals surface area (Å²) in [6, 6.07) is 14.9. The van der Waals surface area contributed by atoms with Crippen LogP contribution in [0.4, 0.5) is 5.69 Å². The summed E-state index contributed by atoms with van der Waals surface area (Å²) in [5.74, 6) is -0.882. The van der Waals surface area contributed by atoms with Crippen LogP contribution in [0.25, 0.3) is 0 Å². The Morgan fingerprint density at radius 1 is 1.04 bits per heavy atom. The van der Waals surface area contributed by atoms with Gasteiger partial charge in [-0.2, -0.15) is 0 Å². The Bertz CT molecular complexity index is 795. The molecule has 1 aliphatic rings. The average Bonchev–Trinajstić information content (AvgIpc) is 2.94. The number of rotatable bonds is 5. The molecule has 2 aromatic carbocycles. The van der Waals surface area contributed by atoms with Crippen molar-refractivity contribution in [2.45, 2.75) is 26.2 Å². The number of aryl methyl sites for hydroxylation is 1. The Labute approximate surface area is 146 Å². The van der Waals surface area contributed by atoms with Crippen LogP contribution in [0.1, 0.15) is 34.8 Å². The molecule has 5 heteroatoms. The summed E-state index contributed by atoms with van der Waals surface area (Å²) in [5, 5.41) is 5.18. The average molecular weight is 336 g/mol. The molecule has 3 rings (SSSR count). The number of carbonyl (C=O) groups is 3. The van der Waals surface area contributed by atoms with Crippen molar-refractivity contribution in [1.29, 1.82) is 0 Å². The number of hydrogen-bond acceptors (Lipinski definition) is 3. The van der Waals surface area contributed by atoms with Crippen molar-refractivity contribution >= 4 is 23.4 Å². The summed E-state index contributed by atoms with van der Waals surface area (Å²) >= 11 is 0. The third-order valence-electron chi connectivity index (χ3n) is 4.38. The van der Waals surface area contributed by atoms with Gasteiger partial charge in [-0.05, 0) is 48.2 Å². The summed E-state index contributed by atoms with van der Waals surface area (Å²) in [6.07, 6.45) is 1.70. The zero-order valence-electron chi connectivity index (χ0n) is 14.0. The fourth-order valence-corrected chi connectivity index (χ4v) is 2.88. The first-order valence-corrected chi connectivity index (χ1v) is 8.38. The molecule has 0 spiro atoms. The SMILES string of the molecule is CCc1ccc(C(=O)Nc2ccc(CC3CC(=O)NC3=O)cc2)cc1. The first kappa shape index (κ1) is 16.9. The fourth-order valence-electron chi connectivity index (χ4n) is 2.88. The minimum atomic E-state index is -0.301. The second-order valence-electron chi connectivity index (χ2n) is 6.22. The van der Waals surface area contributed by atoms with Gasteiger partial charge in [-0.15, -0.1) is 0 Å². The van der Waals surface area contributed by atoms with Crippen LogP contribution < -0.4 is 10.6 Å². The van der Waals surface area contributed by atoms with Gasteiger partial charge in [0.25, 0.3) is 5.91 Å². The molecule has 0 aromatic heterocycles. The molecule has 0 radical (unpaired) electrons. The molecular formula is C20H20N2O3. The van der Waals surface area contributed by atoms with E-state index in [1.807, 2.05) is 48.5 Å². The van der Waals surface area contributed by atoms with Gasteiger partial charge in [0.05, 0.1) is 5.92 Å². The van der Waals surface area contributed by atoms with Crippen LogP contribution in [0.3, 0.4) is 0 Å². The van der Waals surface area contributed by atoms with E-state index in [1.54, 1.807) is 0 Å². The van der Waals surface area contributed by atoms with Gasteiger partial charge in [0.1, 0.15) is 0 Å². The number of amides is 3. The maximum absolute atomic E-state index is 12.3. The highest BCUT2D eigenvalue weighted by Crippen LogP contribution is 2.19. The minimum Gasteiger partial charge on any atom is -0.322 e. The Morgan fingerprint density at radius 2 is 1.68 bits per heavy atom. The third kappa shape index (κ3) is 4.12. The molecule has 1 saturated heterocycles. The lowest BCUT2D eigenvalue weighted by molar-refractivity contribution is -0.125. The van der Waals surface area contributed by atoms with E-state index in [-0.39, 0.29) is 30.1 Å². The zero-order chi connectivity index (χ0) is 17.8. The van der Waals surface area contributed by atoms with E-state index in [2.05, 4.69) is 17.6 Å². The highest BCUT2D eigenvalue weighted by Gasteiger charge is 2.30. The van der Waals surface area contributed by atoms with Crippen LogP contribution in [0.15, 0.2) is 48.5 Å². The lowest BCUT2D eigenvalue weighted by atomic mass is 9.98. The van der Waals surface area contributed by atoms with Gasteiger partial charge in [-0.3, -0.25) is 19.7 Å². The number of benzene rings is 2. The second kappa shape index (κ2) is 7.30. The van der Waals surface area contributed by atoms with Gasteiger partial charge in [-0.1, -0.05) is 31.2 Å². The largest absolute Gasteiger partial charge is 0.322 e. The maximum atomic E-state index is 12.3. The Morgan fingerprint density at radius 3 is 2.24 bits per heavy atom. The Hall–Kier alpha value is -2.95. The van der Waals surface area contributed by atoms with E-state index in [9.17, 15) is 14.4 Å². The topological polar surface area (TPSA) is 75.3 Å². The predicted octanol–water partition coefficient (Wildman–Crippen LogP) is 2.71. The summed E-state index contributed by atoms with van der Waals surface area (Å²) < 4.78 is 0. The van der Waals surface area contributed by atoms with E-state index in [1.165, 1.54) is 5.56 Å². The number of imide groups is 1. The second-order valence-corrected chi connectivity index (χ2v) is 6.22. The van der Waals surface area contributed by atoms with Gasteiger partial charge in [0, 0.05) is 17.7 Å². The summed E-state index contributed by atoms with van der Waals surface area (Å²) in [6.45, 7) is 2.07. The minimum absolute atomic E-state index is 0.156. The summed E-state index contributed by atoms with van der Waals surface area (Å²) in [4.78, 5) is 35.1. The van der Waals surface area contributed by atoms with Crippen LogP contribution in [-0.2, 0) is 22.4 Å². The highest BCUT2D eigenvalue weighted by molar-refractivity contribution is 6.04. The smallest absolute Gasteiger partial charge is 0.255 e. The molecule has 1 unspecified atom stereocenters. The number of carbonyl (C=O) groups excluding carboxylic acids is 3. The Kier molecular flexibility index (Phi) is 4.93. The summed E-state index contributed by atoms with van der Waals surface area (Å²) in [7, 11) is 0. The molecule has 1 atom stereocenters. The van der Waals surface area contributed by atoms with E-state index >= 15 is 0 Å². The van der Waals surface area contributed by atoms with Gasteiger partial charge < -0.3 is 5.32 Å². The molecule has 128 valence electrons. The number of anilines is 1. The van der Waals surface area contributed by atoms with Crippen molar-refractivity contribution in [2.75, 3.05) is 5.32 Å². The first-order valence-electron chi connectivity index (χ1n) is 8.38. The fraction of sp³-hybridized carbons (Fsp3) is 0.250. The van der Waals surface area contributed by atoms with Crippen molar-refractivity contribution < 1.29 is 14.4 Å². The van der Waals surface area contributed by atoms with Crippen LogP contribution in [0.2, 0.25) is 0 Å². The maximum Gasteiger partial charge on any atom is 0.255 e. The zero-order valence-corrected chi connectivity index (χ0v) is 14.0. The van der Waals surface area contributed by atoms with Crippen LogP contribution in [0.5, 0.6) is 0 Å². The third-order valence-corrected chi connectivity index (χ3v) is 4.38. The lowest BCUT2D eigenvalue weighted by Crippen LogP contribution is -2.22. The van der Waals surface area contributed by atoms with Crippen molar-refractivity contribution in [3.8, 4) is 0 Å². The molecule has 1 heterocycles. The molecule has 1 fully saturated rings. The first-order chi connectivity index (χ1) is 12.0. The van der Waals surface area contributed by atoms with E-state index < -0.39 is 0 Å². The van der Waals surface area contributed by atoms with Gasteiger partial charge >= 0.3 is 0 Å². The molecule has 2 aromatic rings. The Balaban J connectivity index is 1.61. The quantitative estimate of drug-likeness (QED) is 0.824. The van der Waals surface area contributed by atoms with Crippen LogP contribution >= 0.6 is 0 Å². The lowest BCUT2D eigenvalue weighted by Gasteiger charge is -2.09. The highest BCUT2D eigenvalue weighted by atomic mass is 16.2. The molecule has 3 amide bonds. The summed E-state index contributed by atoms with van der Waals surface area (Å²) in [5.41, 5.74) is 3.46. The van der Waals surface area contributed by atoms with E-state index in [0.717, 1.165) is 12.0 Å². The van der Waals surface area contributed by atoms with Gasteiger partial charge in [0.15, 0.2) is 0 Å². The standard InChI is InChI=1S/C20H20N2O3/c1-2-13-3-7-15(8-4-13)19(24)21-17-9-5-14(6-10-17)11-16-12-18(23)22-20(16)25/h3-10,16H,2,11-12H2,1H3,(H,21,24)(H,22,23,25). The molecule has 25 heavy (non-hydrogen) atoms. The van der Waals surface area contributed by atoms with Crippen molar-refractivity contribution in [3.63, 3.8) is 0 Å². The number of hydrogen-bond donors (Lipinski definition) is 2. The van der Waals surface area contributed by atoms with Crippen molar-refractivity contribution in [2.24, 2.45) is 5.92 Å². The van der Waals surface area contributed by atoms with Crippen LogP contribution in [-0.4, -0.2) is 17.7 Å². The molecule has 2 N–H and O–H groups in total. The van der Waals surface area contributed by atoms with E-state index in [0.29, 0.717) is 17.7 Å². The van der Waals surface area contributed by atoms with Gasteiger partial charge in [0.2, 0.25) is 11.8 Å². The van der Waals surface area contributed by atoms with Crippen molar-refractivity contribution in [1.82, 2.24) is 5.32 Å². The molecule has 5 nitrogen and oxygen atoms in total. The molecule has 0 saturated carbocycles. The normalized spacial score (nSPS) is 16.6. The van der Waals surface area contributed by atoms with E-state index in [4.69, 9.17) is 0 Å². The van der Waals surface area contributed by atoms with Crippen molar-refractivity contribution in [3.05, 3.63) is 65.2 Å². The molecule has 0 bridgehead atoms. The monoisotopic (exact) mass is 336 g/mol. The molecule has 1 aliphatic heterocycles. The van der Waals surface area contributed by atoms with Gasteiger partial charge in [-0.25, -0.2) is 0 Å². The predicted molar refractivity (Wildman–Crippen MR) is 95.2 cm³/mol. The molecule has 0 aliphatic carbocycles. The van der Waals surface area contributed by atoms with Crippen LogP contribution in [0, 0.1) is 5.92 Å². The molecular weight excluding hydrogens is 316 g/mol.